The van der Waals surface area contributed by atoms with E-state index in [0.717, 1.165) is 5.56 Å². The summed E-state index contributed by atoms with van der Waals surface area (Å²) in [5.41, 5.74) is 2.05. The first-order valence-corrected chi connectivity index (χ1v) is 8.74. The molecule has 26 heavy (non-hydrogen) atoms. The molecule has 0 saturated carbocycles. The molecular weight excluding hydrogens is 356 g/mol. The number of thioether (sulfide) groups is 1. The number of fused-ring (bicyclic) bond motifs is 1. The van der Waals surface area contributed by atoms with Crippen LogP contribution in [0.5, 0.6) is 0 Å². The zero-order valence-electron chi connectivity index (χ0n) is 14.1. The summed E-state index contributed by atoms with van der Waals surface area (Å²) in [6.45, 7) is 3.68. The van der Waals surface area contributed by atoms with Gasteiger partial charge in [0, 0.05) is 6.07 Å². The minimum atomic E-state index is -0.512. The number of rotatable bonds is 6. The zero-order chi connectivity index (χ0) is 18.7. The van der Waals surface area contributed by atoms with Crippen LogP contribution in [0.1, 0.15) is 18.9 Å². The fourth-order valence-corrected chi connectivity index (χ4v) is 3.39. The van der Waals surface area contributed by atoms with E-state index in [1.54, 1.807) is 19.1 Å². The average Bonchev–Trinajstić information content (AvgIpc) is 3.08. The molecule has 9 nitrogen and oxygen atoms in total. The second-order valence-corrected chi connectivity index (χ2v) is 6.75. The first kappa shape index (κ1) is 17.8. The number of hydrogen-bond acceptors (Lipinski definition) is 7. The van der Waals surface area contributed by atoms with Crippen LogP contribution in [0, 0.1) is 17.0 Å². The van der Waals surface area contributed by atoms with Gasteiger partial charge in [-0.1, -0.05) is 24.8 Å². The van der Waals surface area contributed by atoms with Gasteiger partial charge in [-0.05, 0) is 25.0 Å². The highest BCUT2D eigenvalue weighted by Crippen LogP contribution is 2.30. The topological polar surface area (TPSA) is 127 Å². The summed E-state index contributed by atoms with van der Waals surface area (Å²) in [5.74, 6) is -0.322. The lowest BCUT2D eigenvalue weighted by Gasteiger charge is -2.14. The molecule has 10 heteroatoms. The highest BCUT2D eigenvalue weighted by Gasteiger charge is 2.23. The summed E-state index contributed by atoms with van der Waals surface area (Å²) < 4.78 is 0. The van der Waals surface area contributed by atoms with Crippen LogP contribution in [-0.2, 0) is 4.79 Å². The number of carbonyl (C=O) groups excluding carboxylic acids is 1. The number of anilines is 1. The Morgan fingerprint density at radius 3 is 2.92 bits per heavy atom. The van der Waals surface area contributed by atoms with Crippen molar-refractivity contribution in [1.82, 2.24) is 19.9 Å². The number of H-pyrrole nitrogens is 1. The predicted octanol–water partition coefficient (Wildman–Crippen LogP) is 3.08. The Labute approximate surface area is 152 Å². The number of nitrogens with zero attached hydrogens (tertiary/aromatic N) is 4. The van der Waals surface area contributed by atoms with Crippen molar-refractivity contribution >= 4 is 40.2 Å². The molecule has 0 saturated heterocycles. The van der Waals surface area contributed by atoms with E-state index < -0.39 is 10.2 Å². The molecule has 1 atom stereocenters. The van der Waals surface area contributed by atoms with E-state index >= 15 is 0 Å². The first-order valence-electron chi connectivity index (χ1n) is 7.86. The van der Waals surface area contributed by atoms with Crippen molar-refractivity contribution in [1.29, 1.82) is 0 Å². The van der Waals surface area contributed by atoms with Crippen molar-refractivity contribution in [3.05, 3.63) is 46.5 Å². The Balaban J connectivity index is 1.83. The van der Waals surface area contributed by atoms with E-state index in [0.29, 0.717) is 22.6 Å². The summed E-state index contributed by atoms with van der Waals surface area (Å²) in [4.78, 5) is 38.6. The third kappa shape index (κ3) is 3.64. The minimum absolute atomic E-state index is 0.137. The van der Waals surface area contributed by atoms with Crippen LogP contribution >= 0.6 is 11.8 Å². The quantitative estimate of drug-likeness (QED) is 0.294. The second kappa shape index (κ2) is 7.48. The molecule has 0 fully saturated rings. The number of aromatic nitrogens is 4. The molecule has 2 aromatic heterocycles. The molecule has 0 aliphatic carbocycles. The molecule has 1 aromatic carbocycles. The maximum absolute atomic E-state index is 12.7. The third-order valence-electron chi connectivity index (χ3n) is 3.71. The van der Waals surface area contributed by atoms with Gasteiger partial charge in [0.2, 0.25) is 5.91 Å². The van der Waals surface area contributed by atoms with Gasteiger partial charge in [0.1, 0.15) is 22.6 Å². The molecule has 0 spiro atoms. The minimum Gasteiger partial charge on any atom is -0.341 e. The molecule has 3 aromatic rings. The van der Waals surface area contributed by atoms with Crippen LogP contribution in [0.3, 0.4) is 0 Å². The van der Waals surface area contributed by atoms with E-state index in [4.69, 9.17) is 0 Å². The van der Waals surface area contributed by atoms with E-state index in [2.05, 4.69) is 25.3 Å². The normalized spacial score (nSPS) is 12.1. The Hall–Kier alpha value is -3.01. The van der Waals surface area contributed by atoms with Gasteiger partial charge in [-0.3, -0.25) is 14.9 Å². The highest BCUT2D eigenvalue weighted by molar-refractivity contribution is 8.00. The molecule has 1 amide bonds. The molecule has 0 bridgehead atoms. The van der Waals surface area contributed by atoms with Gasteiger partial charge in [-0.2, -0.15) is 0 Å². The number of amides is 1. The summed E-state index contributed by atoms with van der Waals surface area (Å²) in [5, 5.41) is 14.0. The predicted molar refractivity (Wildman–Crippen MR) is 98.1 cm³/mol. The maximum Gasteiger partial charge on any atom is 0.292 e. The smallest absolute Gasteiger partial charge is 0.292 e. The summed E-state index contributed by atoms with van der Waals surface area (Å²) >= 11 is 1.26. The largest absolute Gasteiger partial charge is 0.341 e. The van der Waals surface area contributed by atoms with Gasteiger partial charge < -0.3 is 10.3 Å². The van der Waals surface area contributed by atoms with Gasteiger partial charge in [0.25, 0.3) is 5.69 Å². The number of aryl methyl sites for hydroxylation is 1. The fourth-order valence-electron chi connectivity index (χ4n) is 2.41. The van der Waals surface area contributed by atoms with Gasteiger partial charge in [-0.25, -0.2) is 15.0 Å². The first-order chi connectivity index (χ1) is 12.5. The number of nitrogens with one attached hydrogen (secondary N) is 2. The van der Waals surface area contributed by atoms with Crippen molar-refractivity contribution in [2.45, 2.75) is 30.5 Å². The zero-order valence-corrected chi connectivity index (χ0v) is 14.9. The van der Waals surface area contributed by atoms with Crippen LogP contribution < -0.4 is 5.32 Å². The van der Waals surface area contributed by atoms with E-state index in [1.165, 1.54) is 30.5 Å². The molecule has 2 N–H and O–H groups in total. The van der Waals surface area contributed by atoms with E-state index in [-0.39, 0.29) is 17.3 Å². The van der Waals surface area contributed by atoms with Crippen LogP contribution in [0.2, 0.25) is 0 Å². The lowest BCUT2D eigenvalue weighted by atomic mass is 10.2. The highest BCUT2D eigenvalue weighted by atomic mass is 32.2. The van der Waals surface area contributed by atoms with Gasteiger partial charge in [0.15, 0.2) is 5.65 Å². The van der Waals surface area contributed by atoms with Crippen molar-refractivity contribution < 1.29 is 9.72 Å². The van der Waals surface area contributed by atoms with Gasteiger partial charge >= 0.3 is 0 Å². The number of benzene rings is 1. The lowest BCUT2D eigenvalue weighted by Crippen LogP contribution is -2.25. The van der Waals surface area contributed by atoms with Gasteiger partial charge in [-0.15, -0.1) is 0 Å². The van der Waals surface area contributed by atoms with Crippen LogP contribution in [0.25, 0.3) is 11.2 Å². The number of carbonyl (C=O) groups is 1. The maximum atomic E-state index is 12.7. The summed E-state index contributed by atoms with van der Waals surface area (Å²) in [6.07, 6.45) is 3.43. The molecule has 0 aliphatic heterocycles. The Kier molecular flexibility index (Phi) is 5.12. The van der Waals surface area contributed by atoms with Crippen molar-refractivity contribution in [3.63, 3.8) is 0 Å². The number of imidazole rings is 1. The van der Waals surface area contributed by atoms with Crippen molar-refractivity contribution in [2.75, 3.05) is 5.32 Å². The third-order valence-corrected chi connectivity index (χ3v) is 5.08. The molecule has 2 heterocycles. The fraction of sp³-hybridized carbons (Fsp3) is 0.250. The molecular formula is C16H16N6O3S. The van der Waals surface area contributed by atoms with Crippen LogP contribution in [0.15, 0.2) is 35.9 Å². The SMILES string of the molecule is CC[C@@H](Sc1ncnc2nc[nH]c12)C(=O)Nc1cc(C)ccc1[N+](=O)[O-]. The van der Waals surface area contributed by atoms with Gasteiger partial charge in [0.05, 0.1) is 16.5 Å². The monoisotopic (exact) mass is 372 g/mol. The Bertz CT molecular complexity index is 974. The Morgan fingerprint density at radius 2 is 2.19 bits per heavy atom. The lowest BCUT2D eigenvalue weighted by molar-refractivity contribution is -0.383. The van der Waals surface area contributed by atoms with E-state index in [1.807, 2.05) is 6.92 Å². The molecule has 3 rings (SSSR count). The van der Waals surface area contributed by atoms with Crippen molar-refractivity contribution in [2.24, 2.45) is 0 Å². The Morgan fingerprint density at radius 1 is 1.38 bits per heavy atom. The molecule has 134 valence electrons. The molecule has 0 aliphatic rings. The number of hydrogen-bond donors (Lipinski definition) is 2. The van der Waals surface area contributed by atoms with E-state index in [9.17, 15) is 14.9 Å². The molecule has 0 unspecified atom stereocenters. The standard InChI is InChI=1S/C16H16N6O3S/c1-3-12(26-16-13-14(18-7-17-13)19-8-20-16)15(23)21-10-6-9(2)4-5-11(10)22(24)25/h4-8,12H,3H2,1-2H3,(H,21,23)(H,17,18,19,20)/t12-/m1/s1. The van der Waals surface area contributed by atoms with Crippen LogP contribution in [0.4, 0.5) is 11.4 Å². The molecule has 0 radical (unpaired) electrons. The number of nitro benzene ring substituents is 1. The summed E-state index contributed by atoms with van der Waals surface area (Å²) in [6, 6.07) is 4.61. The van der Waals surface area contributed by atoms with Crippen molar-refractivity contribution in [3.8, 4) is 0 Å². The number of nitro groups is 1. The second-order valence-electron chi connectivity index (χ2n) is 5.56. The average molecular weight is 372 g/mol. The summed E-state index contributed by atoms with van der Waals surface area (Å²) in [7, 11) is 0. The van der Waals surface area contributed by atoms with Crippen LogP contribution in [-0.4, -0.2) is 36.0 Å². The number of aromatic amines is 1.